The second kappa shape index (κ2) is 6.76. The van der Waals surface area contributed by atoms with E-state index in [0.29, 0.717) is 5.57 Å². The lowest BCUT2D eigenvalue weighted by Gasteiger charge is -2.19. The molecule has 0 N–H and O–H groups in total. The first-order chi connectivity index (χ1) is 11.0. The Morgan fingerprint density at radius 1 is 1.25 bits per heavy atom. The van der Waals surface area contributed by atoms with Crippen molar-refractivity contribution in [2.75, 3.05) is 0 Å². The lowest BCUT2D eigenvalue weighted by Crippen LogP contribution is -2.26. The van der Waals surface area contributed by atoms with Crippen molar-refractivity contribution >= 4 is 10.1 Å². The second-order valence-corrected chi connectivity index (χ2v) is 7.51. The predicted octanol–water partition coefficient (Wildman–Crippen LogP) is 4.31. The molecule has 0 aliphatic carbocycles. The van der Waals surface area contributed by atoms with E-state index in [2.05, 4.69) is 4.18 Å². The van der Waals surface area contributed by atoms with Crippen LogP contribution in [0.15, 0.2) is 41.7 Å². The molecule has 1 aliphatic heterocycles. The third-order valence-electron chi connectivity index (χ3n) is 3.81. The molecule has 0 spiro atoms. The third kappa shape index (κ3) is 3.92. The molecule has 0 radical (unpaired) electrons. The molecule has 1 aliphatic rings. The number of alkyl halides is 3. The standard InChI is InChI=1S/C16H19F3O4S/c1-10(2)15-13(11(3)23-24(20,21)16(17,18)19)9-14(22-15)12-7-5-4-6-8-12/h4-8,10,14-15H,9H2,1-3H3/b13-11+/t14-,15-/m0/s1. The zero-order valence-corrected chi connectivity index (χ0v) is 14.3. The molecule has 1 fully saturated rings. The molecule has 0 saturated carbocycles. The maximum absolute atomic E-state index is 12.5. The maximum Gasteiger partial charge on any atom is 0.534 e. The molecule has 0 aromatic heterocycles. The van der Waals surface area contributed by atoms with Gasteiger partial charge in [0.25, 0.3) is 0 Å². The van der Waals surface area contributed by atoms with Gasteiger partial charge in [-0.25, -0.2) is 0 Å². The van der Waals surface area contributed by atoms with E-state index in [1.165, 1.54) is 6.92 Å². The predicted molar refractivity (Wildman–Crippen MR) is 82.3 cm³/mol. The van der Waals surface area contributed by atoms with Gasteiger partial charge in [0.15, 0.2) is 0 Å². The van der Waals surface area contributed by atoms with E-state index in [-0.39, 0.29) is 24.2 Å². The van der Waals surface area contributed by atoms with E-state index in [1.807, 2.05) is 44.2 Å². The number of hydrogen-bond donors (Lipinski definition) is 0. The molecule has 0 bridgehead atoms. The molecule has 134 valence electrons. The van der Waals surface area contributed by atoms with Crippen LogP contribution in [0.4, 0.5) is 13.2 Å². The minimum atomic E-state index is -5.68. The van der Waals surface area contributed by atoms with Crippen LogP contribution in [0, 0.1) is 5.92 Å². The monoisotopic (exact) mass is 364 g/mol. The van der Waals surface area contributed by atoms with Crippen molar-refractivity contribution < 1.29 is 30.5 Å². The highest BCUT2D eigenvalue weighted by Gasteiger charge is 2.49. The fourth-order valence-corrected chi connectivity index (χ4v) is 3.19. The number of allylic oxidation sites excluding steroid dienone is 1. The van der Waals surface area contributed by atoms with Gasteiger partial charge < -0.3 is 8.92 Å². The zero-order chi connectivity index (χ0) is 18.1. The van der Waals surface area contributed by atoms with E-state index in [0.717, 1.165) is 5.56 Å². The van der Waals surface area contributed by atoms with E-state index >= 15 is 0 Å². The van der Waals surface area contributed by atoms with Crippen LogP contribution in [0.1, 0.15) is 38.9 Å². The van der Waals surface area contributed by atoms with Crippen molar-refractivity contribution in [3.8, 4) is 0 Å². The van der Waals surface area contributed by atoms with Crippen molar-refractivity contribution in [2.45, 2.75) is 44.9 Å². The topological polar surface area (TPSA) is 52.6 Å². The Morgan fingerprint density at radius 3 is 2.33 bits per heavy atom. The molecule has 2 rings (SSSR count). The van der Waals surface area contributed by atoms with Crippen LogP contribution in [0.25, 0.3) is 0 Å². The summed E-state index contributed by atoms with van der Waals surface area (Å²) >= 11 is 0. The Bertz CT molecular complexity index is 709. The zero-order valence-electron chi connectivity index (χ0n) is 13.5. The van der Waals surface area contributed by atoms with Gasteiger partial charge in [0.2, 0.25) is 0 Å². The van der Waals surface area contributed by atoms with E-state index in [1.54, 1.807) is 0 Å². The summed E-state index contributed by atoms with van der Waals surface area (Å²) in [4.78, 5) is 0. The Labute approximate surface area is 139 Å². The van der Waals surface area contributed by atoms with Crippen molar-refractivity contribution in [2.24, 2.45) is 5.92 Å². The molecular formula is C16H19F3O4S. The number of hydrogen-bond acceptors (Lipinski definition) is 4. The third-order valence-corrected chi connectivity index (χ3v) is 4.84. The molecular weight excluding hydrogens is 345 g/mol. The van der Waals surface area contributed by atoms with Crippen LogP contribution in [0.3, 0.4) is 0 Å². The quantitative estimate of drug-likeness (QED) is 0.454. The summed E-state index contributed by atoms with van der Waals surface area (Å²) in [5.41, 5.74) is -4.14. The van der Waals surface area contributed by atoms with Gasteiger partial charge in [-0.15, -0.1) is 0 Å². The molecule has 1 aromatic carbocycles. The minimum absolute atomic E-state index is 0.0409. The lowest BCUT2D eigenvalue weighted by atomic mass is 9.96. The van der Waals surface area contributed by atoms with Crippen LogP contribution in [-0.4, -0.2) is 20.0 Å². The Morgan fingerprint density at radius 2 is 1.83 bits per heavy atom. The van der Waals surface area contributed by atoms with Gasteiger partial charge >= 0.3 is 15.6 Å². The highest BCUT2D eigenvalue weighted by atomic mass is 32.2. The minimum Gasteiger partial charge on any atom is -0.381 e. The van der Waals surface area contributed by atoms with Crippen LogP contribution in [0.2, 0.25) is 0 Å². The summed E-state index contributed by atoms with van der Waals surface area (Å²) in [6.07, 6.45) is -0.564. The van der Waals surface area contributed by atoms with Crippen molar-refractivity contribution in [1.82, 2.24) is 0 Å². The van der Waals surface area contributed by atoms with E-state index < -0.39 is 21.7 Å². The SMILES string of the molecule is C/C(OS(=O)(=O)C(F)(F)F)=C1/C[C@@H](c2ccccc2)O[C@H]1C(C)C. The van der Waals surface area contributed by atoms with Crippen LogP contribution in [0.5, 0.6) is 0 Å². The molecule has 1 heterocycles. The van der Waals surface area contributed by atoms with Gasteiger partial charge in [0, 0.05) is 12.0 Å². The Kier molecular flexibility index (Phi) is 5.29. The first-order valence-electron chi connectivity index (χ1n) is 7.43. The summed E-state index contributed by atoms with van der Waals surface area (Å²) < 4.78 is 70.2. The first-order valence-corrected chi connectivity index (χ1v) is 8.84. The summed E-state index contributed by atoms with van der Waals surface area (Å²) in [7, 11) is -5.68. The summed E-state index contributed by atoms with van der Waals surface area (Å²) in [6.45, 7) is 4.93. The van der Waals surface area contributed by atoms with Gasteiger partial charge in [-0.2, -0.15) is 21.6 Å². The van der Waals surface area contributed by atoms with Gasteiger partial charge in [-0.05, 0) is 18.4 Å². The molecule has 1 aromatic rings. The molecule has 8 heteroatoms. The summed E-state index contributed by atoms with van der Waals surface area (Å²) in [5.74, 6) is -0.315. The number of rotatable bonds is 4. The Balaban J connectivity index is 2.32. The number of halogens is 3. The van der Waals surface area contributed by atoms with Gasteiger partial charge in [-0.1, -0.05) is 44.2 Å². The van der Waals surface area contributed by atoms with Gasteiger partial charge in [0.1, 0.15) is 5.76 Å². The number of benzene rings is 1. The molecule has 1 saturated heterocycles. The Hall–Kier alpha value is -1.54. The van der Waals surface area contributed by atoms with Gasteiger partial charge in [0.05, 0.1) is 12.2 Å². The lowest BCUT2D eigenvalue weighted by molar-refractivity contribution is -0.0523. The van der Waals surface area contributed by atoms with Crippen LogP contribution in [-0.2, 0) is 19.0 Å². The number of ether oxygens (including phenoxy) is 1. The fraction of sp³-hybridized carbons (Fsp3) is 0.500. The molecule has 0 amide bonds. The largest absolute Gasteiger partial charge is 0.534 e. The highest BCUT2D eigenvalue weighted by Crippen LogP contribution is 2.41. The molecule has 24 heavy (non-hydrogen) atoms. The van der Waals surface area contributed by atoms with Crippen LogP contribution < -0.4 is 0 Å². The fourth-order valence-electron chi connectivity index (χ4n) is 2.66. The van der Waals surface area contributed by atoms with Crippen molar-refractivity contribution in [3.05, 3.63) is 47.2 Å². The van der Waals surface area contributed by atoms with E-state index in [9.17, 15) is 21.6 Å². The highest BCUT2D eigenvalue weighted by molar-refractivity contribution is 7.87. The van der Waals surface area contributed by atoms with Crippen LogP contribution >= 0.6 is 0 Å². The smallest absolute Gasteiger partial charge is 0.381 e. The average Bonchev–Trinajstić information content (AvgIpc) is 2.92. The van der Waals surface area contributed by atoms with E-state index in [4.69, 9.17) is 4.74 Å². The summed E-state index contributed by atoms with van der Waals surface area (Å²) in [6, 6.07) is 9.23. The van der Waals surface area contributed by atoms with Gasteiger partial charge in [-0.3, -0.25) is 0 Å². The second-order valence-electron chi connectivity index (χ2n) is 5.97. The molecule has 2 atom stereocenters. The van der Waals surface area contributed by atoms with Crippen molar-refractivity contribution in [3.63, 3.8) is 0 Å². The molecule has 0 unspecified atom stereocenters. The average molecular weight is 364 g/mol. The van der Waals surface area contributed by atoms with Crippen molar-refractivity contribution in [1.29, 1.82) is 0 Å². The maximum atomic E-state index is 12.5. The first kappa shape index (κ1) is 18.8. The normalized spacial score (nSPS) is 24.3. The summed E-state index contributed by atoms with van der Waals surface area (Å²) in [5, 5.41) is 0. The molecule has 4 nitrogen and oxygen atoms in total.